The molecule has 0 unspecified atom stereocenters. The number of aryl methyl sites for hydroxylation is 1. The summed E-state index contributed by atoms with van der Waals surface area (Å²) in [6.07, 6.45) is 3.27. The Labute approximate surface area is 148 Å². The van der Waals surface area contributed by atoms with Gasteiger partial charge in [-0.15, -0.1) is 0 Å². The van der Waals surface area contributed by atoms with Crippen molar-refractivity contribution in [3.63, 3.8) is 0 Å². The molecule has 132 valence electrons. The van der Waals surface area contributed by atoms with Crippen molar-refractivity contribution in [3.05, 3.63) is 59.2 Å². The molecule has 1 fully saturated rings. The standard InChI is InChI=1S/C21H25NO3/c1-2-15-4-3-5-18(12-15)17-8-10-22(11-9-17)21(25)14-16-6-7-19(23)20(24)13-16/h3-7,12-13,17,23-24H,2,8-11,14H2,1H3. The summed E-state index contributed by atoms with van der Waals surface area (Å²) in [5.41, 5.74) is 3.47. The lowest BCUT2D eigenvalue weighted by molar-refractivity contribution is -0.131. The number of carbonyl (C=O) groups is 1. The van der Waals surface area contributed by atoms with Gasteiger partial charge in [-0.3, -0.25) is 4.79 Å². The third-order valence-electron chi connectivity index (χ3n) is 5.07. The molecule has 0 aromatic heterocycles. The fraction of sp³-hybridized carbons (Fsp3) is 0.381. The van der Waals surface area contributed by atoms with E-state index in [1.165, 1.54) is 23.3 Å². The zero-order chi connectivity index (χ0) is 17.8. The van der Waals surface area contributed by atoms with Crippen LogP contribution >= 0.6 is 0 Å². The zero-order valence-corrected chi connectivity index (χ0v) is 14.6. The highest BCUT2D eigenvalue weighted by Gasteiger charge is 2.24. The lowest BCUT2D eigenvalue weighted by Gasteiger charge is -2.32. The fourth-order valence-corrected chi connectivity index (χ4v) is 3.49. The summed E-state index contributed by atoms with van der Waals surface area (Å²) in [6, 6.07) is 13.3. The smallest absolute Gasteiger partial charge is 0.226 e. The second kappa shape index (κ2) is 7.60. The van der Waals surface area contributed by atoms with Gasteiger partial charge >= 0.3 is 0 Å². The van der Waals surface area contributed by atoms with Gasteiger partial charge in [0.15, 0.2) is 11.5 Å². The van der Waals surface area contributed by atoms with Crippen molar-refractivity contribution in [1.29, 1.82) is 0 Å². The number of phenols is 2. The lowest BCUT2D eigenvalue weighted by Crippen LogP contribution is -2.38. The summed E-state index contributed by atoms with van der Waals surface area (Å²) in [4.78, 5) is 14.4. The number of hydrogen-bond acceptors (Lipinski definition) is 3. The number of aromatic hydroxyl groups is 2. The molecule has 1 amide bonds. The molecular formula is C21H25NO3. The van der Waals surface area contributed by atoms with E-state index < -0.39 is 0 Å². The van der Waals surface area contributed by atoms with Gasteiger partial charge in [-0.1, -0.05) is 37.3 Å². The van der Waals surface area contributed by atoms with Crippen molar-refractivity contribution in [2.75, 3.05) is 13.1 Å². The topological polar surface area (TPSA) is 60.8 Å². The van der Waals surface area contributed by atoms with Gasteiger partial charge in [0, 0.05) is 13.1 Å². The van der Waals surface area contributed by atoms with Crippen LogP contribution in [0.4, 0.5) is 0 Å². The van der Waals surface area contributed by atoms with Crippen LogP contribution in [0.5, 0.6) is 11.5 Å². The van der Waals surface area contributed by atoms with Crippen LogP contribution in [0.2, 0.25) is 0 Å². The normalized spacial score (nSPS) is 15.3. The van der Waals surface area contributed by atoms with E-state index in [0.717, 1.165) is 37.9 Å². The first-order chi connectivity index (χ1) is 12.1. The Morgan fingerprint density at radius 2 is 1.80 bits per heavy atom. The van der Waals surface area contributed by atoms with Gasteiger partial charge in [0.05, 0.1) is 6.42 Å². The molecule has 0 aliphatic carbocycles. The number of nitrogens with zero attached hydrogens (tertiary/aromatic N) is 1. The van der Waals surface area contributed by atoms with Crippen molar-refractivity contribution in [2.45, 2.75) is 38.5 Å². The number of rotatable bonds is 4. The van der Waals surface area contributed by atoms with Gasteiger partial charge in [-0.2, -0.15) is 0 Å². The quantitative estimate of drug-likeness (QED) is 0.837. The molecule has 0 saturated carbocycles. The molecule has 1 aliphatic rings. The second-order valence-electron chi connectivity index (χ2n) is 6.75. The Bertz CT molecular complexity index is 749. The molecule has 1 heterocycles. The molecular weight excluding hydrogens is 314 g/mol. The van der Waals surface area contributed by atoms with E-state index in [1.807, 2.05) is 4.90 Å². The van der Waals surface area contributed by atoms with Crippen LogP contribution in [-0.4, -0.2) is 34.1 Å². The van der Waals surface area contributed by atoms with Crippen LogP contribution < -0.4 is 0 Å². The number of carbonyl (C=O) groups excluding carboxylic acids is 1. The highest BCUT2D eigenvalue weighted by molar-refractivity contribution is 5.79. The number of benzene rings is 2. The summed E-state index contributed by atoms with van der Waals surface area (Å²) < 4.78 is 0. The van der Waals surface area contributed by atoms with Crippen LogP contribution in [0.3, 0.4) is 0 Å². The summed E-state index contributed by atoms with van der Waals surface area (Å²) in [7, 11) is 0. The largest absolute Gasteiger partial charge is 0.504 e. The predicted octanol–water partition coefficient (Wildman–Crippen LogP) is 3.61. The summed E-state index contributed by atoms with van der Waals surface area (Å²) in [5, 5.41) is 18.9. The summed E-state index contributed by atoms with van der Waals surface area (Å²) >= 11 is 0. The fourth-order valence-electron chi connectivity index (χ4n) is 3.49. The first kappa shape index (κ1) is 17.3. The molecule has 0 atom stereocenters. The molecule has 2 aromatic carbocycles. The Morgan fingerprint density at radius 1 is 1.04 bits per heavy atom. The van der Waals surface area contributed by atoms with Crippen molar-refractivity contribution in [2.24, 2.45) is 0 Å². The van der Waals surface area contributed by atoms with Gasteiger partial charge in [-0.25, -0.2) is 0 Å². The van der Waals surface area contributed by atoms with Gasteiger partial charge in [0.25, 0.3) is 0 Å². The number of amides is 1. The third kappa shape index (κ3) is 4.13. The molecule has 4 heteroatoms. The number of piperidine rings is 1. The summed E-state index contributed by atoms with van der Waals surface area (Å²) in [5.74, 6) is 0.255. The average Bonchev–Trinajstić information content (AvgIpc) is 2.65. The first-order valence-corrected chi connectivity index (χ1v) is 8.94. The number of phenolic OH excluding ortho intramolecular Hbond substituents is 2. The monoisotopic (exact) mass is 339 g/mol. The second-order valence-corrected chi connectivity index (χ2v) is 6.75. The lowest BCUT2D eigenvalue weighted by atomic mass is 9.88. The van der Waals surface area contributed by atoms with Crippen molar-refractivity contribution in [3.8, 4) is 11.5 Å². The molecule has 2 aromatic rings. The van der Waals surface area contributed by atoms with Gasteiger partial charge in [-0.05, 0) is 54.0 Å². The minimum absolute atomic E-state index is 0.0749. The molecule has 2 N–H and O–H groups in total. The van der Waals surface area contributed by atoms with E-state index in [-0.39, 0.29) is 23.8 Å². The molecule has 0 bridgehead atoms. The third-order valence-corrected chi connectivity index (χ3v) is 5.07. The minimum Gasteiger partial charge on any atom is -0.504 e. The molecule has 3 rings (SSSR count). The zero-order valence-electron chi connectivity index (χ0n) is 14.6. The molecule has 0 radical (unpaired) electrons. The van der Waals surface area contributed by atoms with E-state index >= 15 is 0 Å². The highest BCUT2D eigenvalue weighted by Crippen LogP contribution is 2.29. The molecule has 1 saturated heterocycles. The van der Waals surface area contributed by atoms with Gasteiger partial charge in [0.2, 0.25) is 5.91 Å². The number of hydrogen-bond donors (Lipinski definition) is 2. The first-order valence-electron chi connectivity index (χ1n) is 8.94. The Balaban J connectivity index is 1.57. The van der Waals surface area contributed by atoms with Crippen molar-refractivity contribution >= 4 is 5.91 Å². The molecule has 4 nitrogen and oxygen atoms in total. The van der Waals surface area contributed by atoms with E-state index in [1.54, 1.807) is 6.07 Å². The summed E-state index contributed by atoms with van der Waals surface area (Å²) in [6.45, 7) is 3.70. The number of likely N-dealkylation sites (tertiary alicyclic amines) is 1. The van der Waals surface area contributed by atoms with E-state index in [4.69, 9.17) is 0 Å². The maximum absolute atomic E-state index is 12.5. The maximum atomic E-state index is 12.5. The maximum Gasteiger partial charge on any atom is 0.226 e. The van der Waals surface area contributed by atoms with E-state index in [9.17, 15) is 15.0 Å². The molecule has 25 heavy (non-hydrogen) atoms. The van der Waals surface area contributed by atoms with Crippen LogP contribution in [0.15, 0.2) is 42.5 Å². The van der Waals surface area contributed by atoms with Crippen LogP contribution in [0.25, 0.3) is 0 Å². The van der Waals surface area contributed by atoms with E-state index in [0.29, 0.717) is 5.92 Å². The Hall–Kier alpha value is -2.49. The predicted molar refractivity (Wildman–Crippen MR) is 97.9 cm³/mol. The van der Waals surface area contributed by atoms with Crippen LogP contribution in [0.1, 0.15) is 42.4 Å². The highest BCUT2D eigenvalue weighted by atomic mass is 16.3. The van der Waals surface area contributed by atoms with Gasteiger partial charge in [0.1, 0.15) is 0 Å². The average molecular weight is 339 g/mol. The Kier molecular flexibility index (Phi) is 5.27. The van der Waals surface area contributed by atoms with E-state index in [2.05, 4.69) is 31.2 Å². The minimum atomic E-state index is -0.181. The SMILES string of the molecule is CCc1cccc(C2CCN(C(=O)Cc3ccc(O)c(O)c3)CC2)c1. The molecule has 1 aliphatic heterocycles. The Morgan fingerprint density at radius 3 is 2.48 bits per heavy atom. The van der Waals surface area contributed by atoms with Crippen LogP contribution in [-0.2, 0) is 17.6 Å². The molecule has 0 spiro atoms. The van der Waals surface area contributed by atoms with Crippen molar-refractivity contribution in [1.82, 2.24) is 4.90 Å². The van der Waals surface area contributed by atoms with Gasteiger partial charge < -0.3 is 15.1 Å². The van der Waals surface area contributed by atoms with Crippen molar-refractivity contribution < 1.29 is 15.0 Å². The van der Waals surface area contributed by atoms with Crippen LogP contribution in [0, 0.1) is 0 Å².